The largest absolute Gasteiger partial charge is 0.392 e. The second-order valence-electron chi connectivity index (χ2n) is 4.11. The van der Waals surface area contributed by atoms with Crippen molar-refractivity contribution in [3.8, 4) is 5.69 Å². The minimum absolute atomic E-state index is 0.320. The maximum Gasteiger partial charge on any atom is 0.0645 e. The molecular weight excluding hydrogens is 214 g/mol. The number of benzene rings is 1. The van der Waals surface area contributed by atoms with Crippen LogP contribution in [0.15, 0.2) is 42.7 Å². The Morgan fingerprint density at radius 3 is 2.82 bits per heavy atom. The van der Waals surface area contributed by atoms with Crippen LogP contribution < -0.4 is 5.32 Å². The highest BCUT2D eigenvalue weighted by molar-refractivity contribution is 5.30. The van der Waals surface area contributed by atoms with Crippen LogP contribution in [0.5, 0.6) is 0 Å². The first kappa shape index (κ1) is 11.8. The van der Waals surface area contributed by atoms with Gasteiger partial charge in [-0.3, -0.25) is 0 Å². The van der Waals surface area contributed by atoms with Gasteiger partial charge in [-0.15, -0.1) is 0 Å². The monoisotopic (exact) mass is 231 g/mol. The molecule has 0 fully saturated rings. The lowest BCUT2D eigenvalue weighted by Crippen LogP contribution is -2.23. The van der Waals surface area contributed by atoms with Crippen LogP contribution >= 0.6 is 0 Å². The third-order valence-corrected chi connectivity index (χ3v) is 2.43. The summed E-state index contributed by atoms with van der Waals surface area (Å²) in [6, 6.07) is 9.99. The van der Waals surface area contributed by atoms with Crippen LogP contribution in [-0.4, -0.2) is 27.5 Å². The first-order chi connectivity index (χ1) is 8.25. The average molecular weight is 231 g/mol. The Hall–Kier alpha value is -1.65. The van der Waals surface area contributed by atoms with Gasteiger partial charge < -0.3 is 10.4 Å². The first-order valence-corrected chi connectivity index (χ1v) is 5.73. The second-order valence-corrected chi connectivity index (χ2v) is 4.11. The van der Waals surface area contributed by atoms with Gasteiger partial charge in [0.05, 0.1) is 18.0 Å². The summed E-state index contributed by atoms with van der Waals surface area (Å²) in [7, 11) is 0. The molecule has 1 unspecified atom stereocenters. The van der Waals surface area contributed by atoms with Crippen LogP contribution in [0.25, 0.3) is 5.69 Å². The summed E-state index contributed by atoms with van der Waals surface area (Å²) in [5.74, 6) is 0. The molecule has 0 aliphatic rings. The average Bonchev–Trinajstić information content (AvgIpc) is 2.78. The highest BCUT2D eigenvalue weighted by atomic mass is 16.3. The van der Waals surface area contributed by atoms with Gasteiger partial charge in [-0.2, -0.15) is 5.10 Å². The quantitative estimate of drug-likeness (QED) is 0.816. The SMILES string of the molecule is CC(O)CNCc1cnn(-c2ccccc2)c1. The molecule has 1 aromatic carbocycles. The van der Waals surface area contributed by atoms with E-state index in [-0.39, 0.29) is 6.10 Å². The molecule has 2 N–H and O–H groups in total. The van der Waals surface area contributed by atoms with E-state index in [1.165, 1.54) is 0 Å². The van der Waals surface area contributed by atoms with E-state index in [4.69, 9.17) is 5.11 Å². The zero-order valence-corrected chi connectivity index (χ0v) is 9.87. The van der Waals surface area contributed by atoms with Gasteiger partial charge in [-0.05, 0) is 19.1 Å². The summed E-state index contributed by atoms with van der Waals surface area (Å²) in [4.78, 5) is 0. The summed E-state index contributed by atoms with van der Waals surface area (Å²) in [6.07, 6.45) is 3.51. The second kappa shape index (κ2) is 5.61. The Labute approximate surface area is 101 Å². The van der Waals surface area contributed by atoms with E-state index in [0.29, 0.717) is 6.54 Å². The lowest BCUT2D eigenvalue weighted by molar-refractivity contribution is 0.191. The Morgan fingerprint density at radius 1 is 1.35 bits per heavy atom. The molecule has 2 aromatic rings. The number of aromatic nitrogens is 2. The Bertz CT molecular complexity index is 451. The molecule has 0 radical (unpaired) electrons. The fraction of sp³-hybridized carbons (Fsp3) is 0.308. The number of aliphatic hydroxyl groups is 1. The van der Waals surface area contributed by atoms with E-state index in [1.54, 1.807) is 6.92 Å². The van der Waals surface area contributed by atoms with Gasteiger partial charge in [0.15, 0.2) is 0 Å². The molecule has 17 heavy (non-hydrogen) atoms. The van der Waals surface area contributed by atoms with Crippen molar-refractivity contribution in [2.24, 2.45) is 0 Å². The molecule has 4 nitrogen and oxygen atoms in total. The van der Waals surface area contributed by atoms with E-state index < -0.39 is 0 Å². The minimum Gasteiger partial charge on any atom is -0.392 e. The fourth-order valence-corrected chi connectivity index (χ4v) is 1.60. The normalized spacial score (nSPS) is 12.6. The standard InChI is InChI=1S/C13H17N3O/c1-11(17)7-14-8-12-9-15-16(10-12)13-5-3-2-4-6-13/h2-6,9-11,14,17H,7-8H2,1H3. The van der Waals surface area contributed by atoms with Crippen molar-refractivity contribution in [3.63, 3.8) is 0 Å². The molecule has 4 heteroatoms. The Balaban J connectivity index is 1.97. The van der Waals surface area contributed by atoms with Crippen molar-refractivity contribution in [2.75, 3.05) is 6.54 Å². The third-order valence-electron chi connectivity index (χ3n) is 2.43. The van der Waals surface area contributed by atoms with Crippen molar-refractivity contribution in [1.29, 1.82) is 0 Å². The molecule has 0 saturated carbocycles. The lowest BCUT2D eigenvalue weighted by atomic mass is 10.3. The Morgan fingerprint density at radius 2 is 2.12 bits per heavy atom. The molecule has 0 aliphatic heterocycles. The van der Waals surface area contributed by atoms with E-state index in [0.717, 1.165) is 17.8 Å². The van der Waals surface area contributed by atoms with E-state index in [9.17, 15) is 0 Å². The van der Waals surface area contributed by atoms with Crippen molar-refractivity contribution in [1.82, 2.24) is 15.1 Å². The van der Waals surface area contributed by atoms with Crippen molar-refractivity contribution >= 4 is 0 Å². The van der Waals surface area contributed by atoms with Crippen LogP contribution in [0.1, 0.15) is 12.5 Å². The summed E-state index contributed by atoms with van der Waals surface area (Å²) >= 11 is 0. The first-order valence-electron chi connectivity index (χ1n) is 5.73. The predicted octanol–water partition coefficient (Wildman–Crippen LogP) is 1.34. The van der Waals surface area contributed by atoms with E-state index >= 15 is 0 Å². The van der Waals surface area contributed by atoms with Crippen LogP contribution in [-0.2, 0) is 6.54 Å². The third kappa shape index (κ3) is 3.41. The van der Waals surface area contributed by atoms with Gasteiger partial charge in [0, 0.05) is 24.8 Å². The van der Waals surface area contributed by atoms with Crippen LogP contribution in [0.4, 0.5) is 0 Å². The van der Waals surface area contributed by atoms with Crippen LogP contribution in [0, 0.1) is 0 Å². The summed E-state index contributed by atoms with van der Waals surface area (Å²) < 4.78 is 1.85. The van der Waals surface area contributed by atoms with Crippen LogP contribution in [0.2, 0.25) is 0 Å². The summed E-state index contributed by atoms with van der Waals surface area (Å²) in [5.41, 5.74) is 2.16. The molecule has 90 valence electrons. The van der Waals surface area contributed by atoms with Gasteiger partial charge in [-0.25, -0.2) is 4.68 Å². The molecule has 1 atom stereocenters. The summed E-state index contributed by atoms with van der Waals surface area (Å²) in [6.45, 7) is 3.08. The van der Waals surface area contributed by atoms with Crippen molar-refractivity contribution < 1.29 is 5.11 Å². The van der Waals surface area contributed by atoms with Crippen molar-refractivity contribution in [2.45, 2.75) is 19.6 Å². The van der Waals surface area contributed by atoms with E-state index in [2.05, 4.69) is 10.4 Å². The molecule has 1 aromatic heterocycles. The highest BCUT2D eigenvalue weighted by Crippen LogP contribution is 2.07. The van der Waals surface area contributed by atoms with Gasteiger partial charge in [0.2, 0.25) is 0 Å². The molecule has 0 aliphatic carbocycles. The summed E-state index contributed by atoms with van der Waals surface area (Å²) in [5, 5.41) is 16.6. The number of hydrogen-bond acceptors (Lipinski definition) is 3. The van der Waals surface area contributed by atoms with Gasteiger partial charge in [0.1, 0.15) is 0 Å². The van der Waals surface area contributed by atoms with Crippen LogP contribution in [0.3, 0.4) is 0 Å². The van der Waals surface area contributed by atoms with Crippen molar-refractivity contribution in [3.05, 3.63) is 48.3 Å². The van der Waals surface area contributed by atoms with Gasteiger partial charge in [-0.1, -0.05) is 18.2 Å². The lowest BCUT2D eigenvalue weighted by Gasteiger charge is -2.04. The molecule has 0 spiro atoms. The molecule has 0 bridgehead atoms. The molecule has 0 amide bonds. The minimum atomic E-state index is -0.320. The smallest absolute Gasteiger partial charge is 0.0645 e. The highest BCUT2D eigenvalue weighted by Gasteiger charge is 2.01. The zero-order valence-electron chi connectivity index (χ0n) is 9.87. The molecular formula is C13H17N3O. The number of rotatable bonds is 5. The number of para-hydroxylation sites is 1. The topological polar surface area (TPSA) is 50.1 Å². The van der Waals surface area contributed by atoms with Gasteiger partial charge in [0.25, 0.3) is 0 Å². The van der Waals surface area contributed by atoms with Gasteiger partial charge >= 0.3 is 0 Å². The maximum atomic E-state index is 9.13. The van der Waals surface area contributed by atoms with E-state index in [1.807, 2.05) is 47.4 Å². The fourth-order valence-electron chi connectivity index (χ4n) is 1.60. The molecule has 2 rings (SSSR count). The number of nitrogens with zero attached hydrogens (tertiary/aromatic N) is 2. The number of nitrogens with one attached hydrogen (secondary N) is 1. The maximum absolute atomic E-state index is 9.13. The molecule has 0 saturated heterocycles. The molecule has 1 heterocycles. The predicted molar refractivity (Wildman–Crippen MR) is 67.0 cm³/mol. The zero-order chi connectivity index (χ0) is 12.1. The number of hydrogen-bond donors (Lipinski definition) is 2. The number of aliphatic hydroxyl groups excluding tert-OH is 1. The Kier molecular flexibility index (Phi) is 3.90.